The van der Waals surface area contributed by atoms with E-state index in [0.29, 0.717) is 39.7 Å². The third kappa shape index (κ3) is 4.65. The molecule has 2 fully saturated rings. The number of aryl methyl sites for hydroxylation is 1. The first kappa shape index (κ1) is 22.8. The molecule has 1 aromatic carbocycles. The van der Waals surface area contributed by atoms with Gasteiger partial charge >= 0.3 is 0 Å². The number of pyridine rings is 1. The maximum Gasteiger partial charge on any atom is 0.264 e. The van der Waals surface area contributed by atoms with Gasteiger partial charge in [0.05, 0.1) is 28.1 Å². The van der Waals surface area contributed by atoms with Crippen molar-refractivity contribution in [3.63, 3.8) is 0 Å². The zero-order valence-electron chi connectivity index (χ0n) is 19.7. The van der Waals surface area contributed by atoms with E-state index in [4.69, 9.17) is 4.98 Å². The summed E-state index contributed by atoms with van der Waals surface area (Å²) >= 11 is 0. The van der Waals surface area contributed by atoms with Gasteiger partial charge in [-0.1, -0.05) is 6.07 Å². The summed E-state index contributed by atoms with van der Waals surface area (Å²) in [6, 6.07) is 7.64. The van der Waals surface area contributed by atoms with Crippen LogP contribution in [-0.4, -0.2) is 66.3 Å². The number of nitrogens with zero attached hydrogens (tertiary/aromatic N) is 4. The standard InChI is InChI=1S/C24H30N6O3S/c1-29-10-8-17(9-11-29)26-18-7-4-15(12-21(18)34(3,32)33)19-13-20-22(24(31)30(2)14-25-20)23(28-19)27-16-5-6-16/h4,7,12-14,16-17,26H,5-6,8-11H2,1-3H3,(H,27,28). The number of likely N-dealkylation sites (tertiary alicyclic amines) is 1. The van der Waals surface area contributed by atoms with Gasteiger partial charge in [-0.05, 0) is 64.0 Å². The highest BCUT2D eigenvalue weighted by Gasteiger charge is 2.25. The Bertz CT molecular complexity index is 1410. The SMILES string of the molecule is CN1CCC(Nc2ccc(-c3cc4ncn(C)c(=O)c4c(NC4CC4)n3)cc2S(C)(=O)=O)CC1. The zero-order valence-corrected chi connectivity index (χ0v) is 20.5. The molecule has 1 aliphatic carbocycles. The van der Waals surface area contributed by atoms with Crippen LogP contribution < -0.4 is 16.2 Å². The number of sulfone groups is 1. The van der Waals surface area contributed by atoms with Crippen LogP contribution in [-0.2, 0) is 16.9 Å². The maximum absolute atomic E-state index is 12.8. The molecule has 0 amide bonds. The normalized spacial score (nSPS) is 17.7. The topological polar surface area (TPSA) is 109 Å². The van der Waals surface area contributed by atoms with E-state index in [-0.39, 0.29) is 16.5 Å². The van der Waals surface area contributed by atoms with E-state index in [9.17, 15) is 13.2 Å². The van der Waals surface area contributed by atoms with Crippen molar-refractivity contribution in [1.82, 2.24) is 19.4 Å². The molecular formula is C24H30N6O3S. The van der Waals surface area contributed by atoms with E-state index >= 15 is 0 Å². The Hall–Kier alpha value is -2.98. The van der Waals surface area contributed by atoms with Crippen molar-refractivity contribution in [3.8, 4) is 11.3 Å². The quantitative estimate of drug-likeness (QED) is 0.552. The molecule has 2 aromatic heterocycles. The second-order valence-electron chi connectivity index (χ2n) is 9.53. The van der Waals surface area contributed by atoms with Crippen LogP contribution in [0.4, 0.5) is 11.5 Å². The van der Waals surface area contributed by atoms with Crippen molar-refractivity contribution in [2.75, 3.05) is 37.0 Å². The van der Waals surface area contributed by atoms with Crippen LogP contribution >= 0.6 is 0 Å². The summed E-state index contributed by atoms with van der Waals surface area (Å²) in [5, 5.41) is 7.25. The van der Waals surface area contributed by atoms with Gasteiger partial charge in [0.2, 0.25) is 0 Å². The molecule has 0 bridgehead atoms. The molecule has 1 saturated carbocycles. The molecule has 5 rings (SSSR count). The first-order chi connectivity index (χ1) is 16.2. The molecule has 1 aliphatic heterocycles. The predicted octanol–water partition coefficient (Wildman–Crippen LogP) is 2.48. The number of hydrogen-bond donors (Lipinski definition) is 2. The van der Waals surface area contributed by atoms with Crippen LogP contribution in [0.15, 0.2) is 40.3 Å². The van der Waals surface area contributed by atoms with Crippen LogP contribution in [0.3, 0.4) is 0 Å². The Kier molecular flexibility index (Phi) is 5.81. The lowest BCUT2D eigenvalue weighted by molar-refractivity contribution is 0.264. The number of fused-ring (bicyclic) bond motifs is 1. The molecule has 10 heteroatoms. The molecule has 0 radical (unpaired) electrons. The smallest absolute Gasteiger partial charge is 0.264 e. The Labute approximate surface area is 199 Å². The van der Waals surface area contributed by atoms with Gasteiger partial charge in [-0.3, -0.25) is 4.79 Å². The molecule has 180 valence electrons. The molecule has 3 aromatic rings. The van der Waals surface area contributed by atoms with Crippen molar-refractivity contribution < 1.29 is 8.42 Å². The lowest BCUT2D eigenvalue weighted by Crippen LogP contribution is -2.36. The summed E-state index contributed by atoms with van der Waals surface area (Å²) in [5.74, 6) is 0.498. The fraction of sp³-hybridized carbons (Fsp3) is 0.458. The summed E-state index contributed by atoms with van der Waals surface area (Å²) in [7, 11) is 0.278. The maximum atomic E-state index is 12.8. The van der Waals surface area contributed by atoms with Gasteiger partial charge in [-0.2, -0.15) is 0 Å². The molecule has 9 nitrogen and oxygen atoms in total. The number of hydrogen-bond acceptors (Lipinski definition) is 8. The van der Waals surface area contributed by atoms with Crippen molar-refractivity contribution in [2.24, 2.45) is 7.05 Å². The summed E-state index contributed by atoms with van der Waals surface area (Å²) in [5.41, 5.74) is 2.22. The van der Waals surface area contributed by atoms with Crippen molar-refractivity contribution in [1.29, 1.82) is 0 Å². The van der Waals surface area contributed by atoms with Gasteiger partial charge in [-0.25, -0.2) is 18.4 Å². The Morgan fingerprint density at radius 3 is 2.38 bits per heavy atom. The second kappa shape index (κ2) is 8.66. The average molecular weight is 483 g/mol. The largest absolute Gasteiger partial charge is 0.381 e. The van der Waals surface area contributed by atoms with Crippen LogP contribution in [0.2, 0.25) is 0 Å². The summed E-state index contributed by atoms with van der Waals surface area (Å²) < 4.78 is 26.9. The van der Waals surface area contributed by atoms with E-state index in [1.54, 1.807) is 19.2 Å². The second-order valence-corrected chi connectivity index (χ2v) is 11.5. The minimum atomic E-state index is -3.48. The Balaban J connectivity index is 1.57. The van der Waals surface area contributed by atoms with Crippen LogP contribution in [0, 0.1) is 0 Å². The molecule has 0 atom stereocenters. The van der Waals surface area contributed by atoms with Gasteiger partial charge in [0.1, 0.15) is 11.2 Å². The number of benzene rings is 1. The van der Waals surface area contributed by atoms with Crippen molar-refractivity contribution in [3.05, 3.63) is 40.9 Å². The average Bonchev–Trinajstić information content (AvgIpc) is 3.61. The monoisotopic (exact) mass is 482 g/mol. The molecule has 2 N–H and O–H groups in total. The van der Waals surface area contributed by atoms with E-state index in [2.05, 4.69) is 27.6 Å². The molecule has 2 aliphatic rings. The zero-order chi connectivity index (χ0) is 24.0. The van der Waals surface area contributed by atoms with Gasteiger partial charge in [0.25, 0.3) is 5.56 Å². The third-order valence-electron chi connectivity index (χ3n) is 6.58. The Morgan fingerprint density at radius 2 is 1.71 bits per heavy atom. The summed E-state index contributed by atoms with van der Waals surface area (Å²) in [6.07, 6.45) is 6.71. The number of piperidine rings is 1. The fourth-order valence-corrected chi connectivity index (χ4v) is 5.24. The molecule has 0 unspecified atom stereocenters. The number of anilines is 2. The highest BCUT2D eigenvalue weighted by atomic mass is 32.2. The van der Waals surface area contributed by atoms with Gasteiger partial charge in [0, 0.05) is 31.0 Å². The molecule has 0 spiro atoms. The molecule has 34 heavy (non-hydrogen) atoms. The lowest BCUT2D eigenvalue weighted by atomic mass is 10.0. The highest BCUT2D eigenvalue weighted by Crippen LogP contribution is 2.33. The first-order valence-electron chi connectivity index (χ1n) is 11.6. The minimum Gasteiger partial charge on any atom is -0.381 e. The minimum absolute atomic E-state index is 0.165. The molecule has 1 saturated heterocycles. The number of rotatable bonds is 6. The van der Waals surface area contributed by atoms with Crippen molar-refractivity contribution in [2.45, 2.75) is 42.7 Å². The Morgan fingerprint density at radius 1 is 1.00 bits per heavy atom. The number of nitrogens with one attached hydrogen (secondary N) is 2. The highest BCUT2D eigenvalue weighted by molar-refractivity contribution is 7.90. The van der Waals surface area contributed by atoms with Crippen molar-refractivity contribution >= 4 is 32.2 Å². The van der Waals surface area contributed by atoms with Crippen LogP contribution in [0.5, 0.6) is 0 Å². The number of aromatic nitrogens is 3. The fourth-order valence-electron chi connectivity index (χ4n) is 4.38. The first-order valence-corrected chi connectivity index (χ1v) is 13.5. The third-order valence-corrected chi connectivity index (χ3v) is 7.71. The van der Waals surface area contributed by atoms with Gasteiger partial charge in [0.15, 0.2) is 9.84 Å². The summed E-state index contributed by atoms with van der Waals surface area (Å²) in [4.78, 5) is 24.5. The van der Waals surface area contributed by atoms with Gasteiger partial charge < -0.3 is 20.1 Å². The lowest BCUT2D eigenvalue weighted by Gasteiger charge is -2.30. The van der Waals surface area contributed by atoms with E-state index < -0.39 is 9.84 Å². The molecular weight excluding hydrogens is 452 g/mol. The summed E-state index contributed by atoms with van der Waals surface area (Å²) in [6.45, 7) is 1.96. The van der Waals surface area contributed by atoms with E-state index in [1.807, 2.05) is 12.1 Å². The van der Waals surface area contributed by atoms with E-state index in [1.165, 1.54) is 17.2 Å². The van der Waals surface area contributed by atoms with Crippen LogP contribution in [0.1, 0.15) is 25.7 Å². The van der Waals surface area contributed by atoms with Gasteiger partial charge in [-0.15, -0.1) is 0 Å². The predicted molar refractivity (Wildman–Crippen MR) is 134 cm³/mol. The molecule has 3 heterocycles. The van der Waals surface area contributed by atoms with E-state index in [0.717, 1.165) is 38.8 Å². The van der Waals surface area contributed by atoms with Crippen LogP contribution in [0.25, 0.3) is 22.2 Å².